The number of aromatic nitrogens is 2. The predicted octanol–water partition coefficient (Wildman–Crippen LogP) is 5.11. The molecule has 0 saturated heterocycles. The number of aryl methyl sites for hydroxylation is 1. The lowest BCUT2D eigenvalue weighted by molar-refractivity contribution is 0.0674. The maximum absolute atomic E-state index is 13.6. The Morgan fingerprint density at radius 2 is 1.81 bits per heavy atom. The average Bonchev–Trinajstić information content (AvgIpc) is 3.16. The molecule has 1 unspecified atom stereocenters. The summed E-state index contributed by atoms with van der Waals surface area (Å²) in [7, 11) is 0. The number of rotatable bonds is 6. The van der Waals surface area contributed by atoms with Crippen LogP contribution in [0.25, 0.3) is 11.0 Å². The van der Waals surface area contributed by atoms with Crippen LogP contribution in [0.15, 0.2) is 66.7 Å². The Labute approximate surface area is 184 Å². The van der Waals surface area contributed by atoms with Crippen molar-refractivity contribution in [1.29, 1.82) is 0 Å². The molecule has 6 nitrogen and oxygen atoms in total. The number of halogens is 1. The Morgan fingerprint density at radius 3 is 2.53 bits per heavy atom. The number of carboxylic acids is 1. The van der Waals surface area contributed by atoms with Gasteiger partial charge in [-0.05, 0) is 67.4 Å². The minimum atomic E-state index is -1.03. The topological polar surface area (TPSA) is 86.3 Å². The molecular weight excluding hydrogens is 409 g/mol. The first-order chi connectivity index (χ1) is 15.3. The van der Waals surface area contributed by atoms with E-state index in [1.54, 1.807) is 53.4 Å². The van der Waals surface area contributed by atoms with Crippen LogP contribution < -0.4 is 0 Å². The number of imidazole rings is 1. The van der Waals surface area contributed by atoms with Crippen LogP contribution in [-0.2, 0) is 6.54 Å². The van der Waals surface area contributed by atoms with Crippen molar-refractivity contribution < 1.29 is 19.1 Å². The van der Waals surface area contributed by atoms with Crippen LogP contribution in [0.3, 0.4) is 0 Å². The number of nitrogens with one attached hydrogen (secondary N) is 1. The van der Waals surface area contributed by atoms with Gasteiger partial charge in [-0.1, -0.05) is 24.3 Å². The molecule has 0 aliphatic heterocycles. The Morgan fingerprint density at radius 1 is 1.06 bits per heavy atom. The summed E-state index contributed by atoms with van der Waals surface area (Å²) in [6, 6.07) is 17.4. The molecule has 4 rings (SSSR count). The molecule has 4 aromatic rings. The summed E-state index contributed by atoms with van der Waals surface area (Å²) in [6.07, 6.45) is 0. The first-order valence-corrected chi connectivity index (χ1v) is 10.2. The molecule has 1 atom stereocenters. The predicted molar refractivity (Wildman–Crippen MR) is 119 cm³/mol. The molecule has 1 aromatic heterocycles. The third kappa shape index (κ3) is 4.37. The minimum absolute atomic E-state index is 0.152. The molecule has 162 valence electrons. The fourth-order valence-electron chi connectivity index (χ4n) is 3.74. The molecule has 0 aliphatic carbocycles. The molecule has 0 radical (unpaired) electrons. The highest BCUT2D eigenvalue weighted by atomic mass is 19.1. The highest BCUT2D eigenvalue weighted by Crippen LogP contribution is 2.26. The summed E-state index contributed by atoms with van der Waals surface area (Å²) < 4.78 is 13.4. The average molecular weight is 431 g/mol. The number of benzene rings is 3. The normalized spacial score (nSPS) is 12.0. The maximum Gasteiger partial charge on any atom is 0.335 e. The highest BCUT2D eigenvalue weighted by molar-refractivity contribution is 5.97. The summed E-state index contributed by atoms with van der Waals surface area (Å²) in [5, 5.41) is 9.32. The van der Waals surface area contributed by atoms with Crippen LogP contribution in [0.1, 0.15) is 50.6 Å². The molecule has 1 amide bonds. The van der Waals surface area contributed by atoms with E-state index in [4.69, 9.17) is 0 Å². The number of carbonyl (C=O) groups excluding carboxylic acids is 1. The Bertz CT molecular complexity index is 1300. The molecule has 3 aromatic carbocycles. The van der Waals surface area contributed by atoms with Gasteiger partial charge >= 0.3 is 5.97 Å². The van der Waals surface area contributed by atoms with E-state index in [0.717, 1.165) is 22.4 Å². The first-order valence-electron chi connectivity index (χ1n) is 10.2. The Kier molecular flexibility index (Phi) is 5.73. The van der Waals surface area contributed by atoms with Crippen LogP contribution in [-0.4, -0.2) is 31.9 Å². The molecule has 0 fully saturated rings. The number of hydrogen-bond acceptors (Lipinski definition) is 3. The number of nitrogens with zero attached hydrogens (tertiary/aromatic N) is 2. The number of carboxylic acid groups (broad SMARTS) is 1. The van der Waals surface area contributed by atoms with E-state index >= 15 is 0 Å². The number of carbonyl (C=O) groups is 2. The van der Waals surface area contributed by atoms with E-state index in [0.29, 0.717) is 11.1 Å². The molecule has 7 heteroatoms. The molecule has 0 spiro atoms. The monoisotopic (exact) mass is 431 g/mol. The van der Waals surface area contributed by atoms with E-state index in [9.17, 15) is 19.1 Å². The molecule has 2 N–H and O–H groups in total. The Balaban J connectivity index is 1.72. The van der Waals surface area contributed by atoms with Gasteiger partial charge in [-0.3, -0.25) is 4.79 Å². The van der Waals surface area contributed by atoms with Crippen molar-refractivity contribution in [3.63, 3.8) is 0 Å². The lowest BCUT2D eigenvalue weighted by Gasteiger charge is -2.30. The van der Waals surface area contributed by atoms with E-state index in [-0.39, 0.29) is 29.9 Å². The van der Waals surface area contributed by atoms with Crippen molar-refractivity contribution in [2.75, 3.05) is 0 Å². The number of H-pyrrole nitrogens is 1. The zero-order valence-corrected chi connectivity index (χ0v) is 17.7. The van der Waals surface area contributed by atoms with Gasteiger partial charge in [0.25, 0.3) is 5.91 Å². The number of fused-ring (bicyclic) bond motifs is 1. The van der Waals surface area contributed by atoms with Crippen LogP contribution in [0.5, 0.6) is 0 Å². The lowest BCUT2D eigenvalue weighted by atomic mass is 10.0. The van der Waals surface area contributed by atoms with E-state index in [1.165, 1.54) is 18.2 Å². The van der Waals surface area contributed by atoms with Crippen LogP contribution in [0.2, 0.25) is 0 Å². The van der Waals surface area contributed by atoms with Gasteiger partial charge in [0.05, 0.1) is 22.6 Å². The summed E-state index contributed by atoms with van der Waals surface area (Å²) in [6.45, 7) is 3.91. The second-order valence-electron chi connectivity index (χ2n) is 7.72. The number of hydrogen-bond donors (Lipinski definition) is 2. The summed E-state index contributed by atoms with van der Waals surface area (Å²) >= 11 is 0. The number of aromatic amines is 1. The summed E-state index contributed by atoms with van der Waals surface area (Å²) in [4.78, 5) is 34.1. The van der Waals surface area contributed by atoms with Gasteiger partial charge in [0, 0.05) is 12.1 Å². The van der Waals surface area contributed by atoms with Gasteiger partial charge in [0.1, 0.15) is 11.6 Å². The van der Waals surface area contributed by atoms with Crippen molar-refractivity contribution in [3.05, 3.63) is 101 Å². The molecule has 0 aliphatic rings. The highest BCUT2D eigenvalue weighted by Gasteiger charge is 2.24. The molecule has 32 heavy (non-hydrogen) atoms. The molecule has 0 bridgehead atoms. The zero-order valence-electron chi connectivity index (χ0n) is 17.7. The Hall–Kier alpha value is -4.00. The van der Waals surface area contributed by atoms with Gasteiger partial charge in [0.2, 0.25) is 0 Å². The largest absolute Gasteiger partial charge is 0.478 e. The van der Waals surface area contributed by atoms with Crippen molar-refractivity contribution in [2.24, 2.45) is 0 Å². The molecule has 1 heterocycles. The first kappa shape index (κ1) is 21.2. The van der Waals surface area contributed by atoms with Crippen molar-refractivity contribution in [2.45, 2.75) is 26.4 Å². The van der Waals surface area contributed by atoms with E-state index < -0.39 is 5.97 Å². The van der Waals surface area contributed by atoms with Gasteiger partial charge < -0.3 is 15.0 Å². The maximum atomic E-state index is 13.6. The second kappa shape index (κ2) is 8.63. The number of amides is 1. The second-order valence-corrected chi connectivity index (χ2v) is 7.72. The van der Waals surface area contributed by atoms with Crippen LogP contribution >= 0.6 is 0 Å². The zero-order chi connectivity index (χ0) is 22.8. The number of aromatic carboxylic acids is 1. The van der Waals surface area contributed by atoms with Gasteiger partial charge in [0.15, 0.2) is 0 Å². The van der Waals surface area contributed by atoms with Crippen LogP contribution in [0.4, 0.5) is 4.39 Å². The quantitative estimate of drug-likeness (QED) is 0.444. The van der Waals surface area contributed by atoms with Crippen LogP contribution in [0, 0.1) is 12.7 Å². The lowest BCUT2D eigenvalue weighted by Crippen LogP contribution is -2.33. The summed E-state index contributed by atoms with van der Waals surface area (Å²) in [5.74, 6) is -0.854. The van der Waals surface area contributed by atoms with Gasteiger partial charge in [-0.25, -0.2) is 14.2 Å². The molecular formula is C25H22FN3O3. The third-order valence-electron chi connectivity index (χ3n) is 5.45. The fraction of sp³-hybridized carbons (Fsp3) is 0.160. The van der Waals surface area contributed by atoms with Crippen molar-refractivity contribution in [3.8, 4) is 0 Å². The van der Waals surface area contributed by atoms with Crippen molar-refractivity contribution in [1.82, 2.24) is 14.9 Å². The third-order valence-corrected chi connectivity index (χ3v) is 5.45. The van der Waals surface area contributed by atoms with Gasteiger partial charge in [-0.15, -0.1) is 0 Å². The SMILES string of the molecule is Cc1nc2ccc(C(=O)N(Cc3cccc(C(=O)O)c3)C(C)c3ccc(F)cc3)cc2[nH]1. The molecule has 0 saturated carbocycles. The van der Waals surface area contributed by atoms with Gasteiger partial charge in [-0.2, -0.15) is 0 Å². The standard InChI is InChI=1S/C25H22FN3O3/c1-15(18-6-9-21(26)10-7-18)29(14-17-4-3-5-20(12-17)25(31)32)24(30)19-8-11-22-23(13-19)28-16(2)27-22/h3-13,15H,14H2,1-2H3,(H,27,28)(H,31,32). The smallest absolute Gasteiger partial charge is 0.335 e. The van der Waals surface area contributed by atoms with E-state index in [1.807, 2.05) is 13.8 Å². The van der Waals surface area contributed by atoms with Crippen molar-refractivity contribution >= 4 is 22.9 Å². The van der Waals surface area contributed by atoms with E-state index in [2.05, 4.69) is 9.97 Å². The minimum Gasteiger partial charge on any atom is -0.478 e. The summed E-state index contributed by atoms with van der Waals surface area (Å²) in [5.41, 5.74) is 3.61. The fourth-order valence-corrected chi connectivity index (χ4v) is 3.74.